The fourth-order valence-electron chi connectivity index (χ4n) is 4.77. The van der Waals surface area contributed by atoms with Gasteiger partial charge < -0.3 is 26.4 Å². The highest BCUT2D eigenvalue weighted by Crippen LogP contribution is 2.27. The zero-order chi connectivity index (χ0) is 27.1. The summed E-state index contributed by atoms with van der Waals surface area (Å²) in [6.07, 6.45) is 1.99. The van der Waals surface area contributed by atoms with Crippen molar-refractivity contribution in [2.45, 2.75) is 63.7 Å². The van der Waals surface area contributed by atoms with Gasteiger partial charge in [0.1, 0.15) is 5.82 Å². The van der Waals surface area contributed by atoms with Gasteiger partial charge >= 0.3 is 6.09 Å². The zero-order valence-corrected chi connectivity index (χ0v) is 21.6. The van der Waals surface area contributed by atoms with Crippen molar-refractivity contribution >= 4 is 23.6 Å². The molecule has 0 radical (unpaired) electrons. The molecule has 0 aliphatic heterocycles. The lowest BCUT2D eigenvalue weighted by Gasteiger charge is -2.32. The number of anilines is 2. The van der Waals surface area contributed by atoms with Crippen molar-refractivity contribution in [3.63, 3.8) is 0 Å². The summed E-state index contributed by atoms with van der Waals surface area (Å²) in [5.74, 6) is -0.936. The molecule has 0 bridgehead atoms. The lowest BCUT2D eigenvalue weighted by molar-refractivity contribution is 0.0912. The third-order valence-electron chi connectivity index (χ3n) is 6.84. The van der Waals surface area contributed by atoms with Gasteiger partial charge in [0.2, 0.25) is 0 Å². The highest BCUT2D eigenvalue weighted by molar-refractivity contribution is 5.99. The van der Waals surface area contributed by atoms with E-state index >= 15 is 4.39 Å². The molecule has 2 atom stereocenters. The molecule has 200 valence electrons. The monoisotopic (exact) mass is 519 g/mol. The molecule has 1 saturated carbocycles. The topological polar surface area (TPSA) is 115 Å². The molecular formula is C29H34FN5O3. The molecule has 5 N–H and O–H groups in total. The van der Waals surface area contributed by atoms with Crippen LogP contribution < -0.4 is 21.3 Å². The number of benzene rings is 2. The summed E-state index contributed by atoms with van der Waals surface area (Å²) in [6, 6.07) is 19.7. The molecule has 1 aromatic heterocycles. The number of rotatable bonds is 9. The van der Waals surface area contributed by atoms with Crippen molar-refractivity contribution < 1.29 is 19.1 Å². The second kappa shape index (κ2) is 11.9. The number of nitrogens with one attached hydrogen (secondary N) is 4. The van der Waals surface area contributed by atoms with Crippen LogP contribution in [0.2, 0.25) is 0 Å². The number of carbonyl (C=O) groups is 2. The third kappa shape index (κ3) is 6.79. The summed E-state index contributed by atoms with van der Waals surface area (Å²) in [7, 11) is 0. The summed E-state index contributed by atoms with van der Waals surface area (Å²) in [5.41, 5.74) is 1.26. The average molecular weight is 520 g/mol. The summed E-state index contributed by atoms with van der Waals surface area (Å²) in [6.45, 7) is 4.15. The molecule has 38 heavy (non-hydrogen) atoms. The Bertz CT molecular complexity index is 1250. The summed E-state index contributed by atoms with van der Waals surface area (Å²) < 4.78 is 15.4. The van der Waals surface area contributed by atoms with Crippen molar-refractivity contribution in [2.24, 2.45) is 0 Å². The van der Waals surface area contributed by atoms with Gasteiger partial charge in [-0.15, -0.1) is 0 Å². The van der Waals surface area contributed by atoms with Gasteiger partial charge in [-0.05, 0) is 43.9 Å². The number of hydrogen-bond acceptors (Lipinski definition) is 5. The van der Waals surface area contributed by atoms with E-state index in [0.717, 1.165) is 24.0 Å². The Kier molecular flexibility index (Phi) is 8.45. The predicted molar refractivity (Wildman–Crippen MR) is 146 cm³/mol. The maximum atomic E-state index is 15.4. The van der Waals surface area contributed by atoms with Crippen molar-refractivity contribution in [2.75, 3.05) is 10.6 Å². The second-order valence-electron chi connectivity index (χ2n) is 10.1. The Morgan fingerprint density at radius 3 is 2.26 bits per heavy atom. The van der Waals surface area contributed by atoms with Gasteiger partial charge in [0.15, 0.2) is 11.6 Å². The van der Waals surface area contributed by atoms with Crippen LogP contribution in [0.15, 0.2) is 66.7 Å². The van der Waals surface area contributed by atoms with Gasteiger partial charge in [0.05, 0.1) is 17.1 Å². The van der Waals surface area contributed by atoms with Crippen LogP contribution in [-0.2, 0) is 12.1 Å². The van der Waals surface area contributed by atoms with E-state index in [9.17, 15) is 14.7 Å². The first-order valence-electron chi connectivity index (χ1n) is 12.9. The second-order valence-corrected chi connectivity index (χ2v) is 10.1. The van der Waals surface area contributed by atoms with E-state index in [1.165, 1.54) is 6.07 Å². The third-order valence-corrected chi connectivity index (χ3v) is 6.84. The molecule has 1 aliphatic rings. The maximum absolute atomic E-state index is 15.4. The van der Waals surface area contributed by atoms with E-state index < -0.39 is 23.4 Å². The minimum absolute atomic E-state index is 0.0245. The minimum Gasteiger partial charge on any atom is -0.465 e. The number of hydrogen-bond donors (Lipinski definition) is 5. The smallest absolute Gasteiger partial charge is 0.404 e. The van der Waals surface area contributed by atoms with Crippen molar-refractivity contribution in [3.8, 4) is 0 Å². The SMILES string of the molecule is CC(C)(NC(=O)c1cc(F)c(NC2CCCCC2NC(=O)O)nc1NCc1ccccc1)c1ccccc1. The fourth-order valence-corrected chi connectivity index (χ4v) is 4.77. The number of nitrogens with zero attached hydrogens (tertiary/aromatic N) is 1. The van der Waals surface area contributed by atoms with Crippen LogP contribution in [0.4, 0.5) is 20.8 Å². The number of carboxylic acid groups (broad SMARTS) is 1. The molecule has 0 saturated heterocycles. The van der Waals surface area contributed by atoms with Crippen molar-refractivity contribution in [1.29, 1.82) is 0 Å². The molecule has 2 aromatic carbocycles. The van der Waals surface area contributed by atoms with Crippen LogP contribution in [0, 0.1) is 5.82 Å². The van der Waals surface area contributed by atoms with Crippen LogP contribution in [0.3, 0.4) is 0 Å². The standard InChI is InChI=1S/C29H34FN5O3/c1-29(2,20-13-7-4-8-14-20)35-27(36)21-17-22(30)26(32-23-15-9-10-16-24(23)33-28(37)38)34-25(21)31-18-19-11-5-3-6-12-19/h3-8,11-14,17,23-24,33H,9-10,15-16,18H2,1-2H3,(H,35,36)(H,37,38)(H2,31,32,34). The van der Waals surface area contributed by atoms with E-state index in [4.69, 9.17) is 0 Å². The van der Waals surface area contributed by atoms with E-state index in [1.807, 2.05) is 74.5 Å². The normalized spacial score (nSPS) is 17.3. The number of halogens is 1. The minimum atomic E-state index is -1.12. The number of carbonyl (C=O) groups excluding carboxylic acids is 1. The van der Waals surface area contributed by atoms with Gasteiger partial charge in [0.25, 0.3) is 5.91 Å². The van der Waals surface area contributed by atoms with Gasteiger partial charge in [-0.25, -0.2) is 14.2 Å². The molecule has 1 heterocycles. The molecule has 8 nitrogen and oxygen atoms in total. The Balaban J connectivity index is 1.62. The van der Waals surface area contributed by atoms with Crippen LogP contribution in [0.5, 0.6) is 0 Å². The molecule has 2 unspecified atom stereocenters. The highest BCUT2D eigenvalue weighted by Gasteiger charge is 2.29. The van der Waals surface area contributed by atoms with E-state index in [-0.39, 0.29) is 29.3 Å². The quantitative estimate of drug-likeness (QED) is 0.255. The summed E-state index contributed by atoms with van der Waals surface area (Å²) >= 11 is 0. The molecule has 4 rings (SSSR count). The van der Waals surface area contributed by atoms with E-state index in [1.54, 1.807) is 0 Å². The largest absolute Gasteiger partial charge is 0.465 e. The molecule has 3 aromatic rings. The lowest BCUT2D eigenvalue weighted by atomic mass is 9.90. The first kappa shape index (κ1) is 26.9. The van der Waals surface area contributed by atoms with Crippen LogP contribution in [0.25, 0.3) is 0 Å². The van der Waals surface area contributed by atoms with Crippen LogP contribution in [-0.4, -0.2) is 34.2 Å². The Morgan fingerprint density at radius 1 is 0.974 bits per heavy atom. The predicted octanol–water partition coefficient (Wildman–Crippen LogP) is 5.49. The molecule has 2 amide bonds. The number of amides is 2. The van der Waals surface area contributed by atoms with Gasteiger partial charge in [0, 0.05) is 12.6 Å². The molecule has 0 spiro atoms. The van der Waals surface area contributed by atoms with Gasteiger partial charge in [-0.3, -0.25) is 4.79 Å². The van der Waals surface area contributed by atoms with E-state index in [0.29, 0.717) is 19.4 Å². The van der Waals surface area contributed by atoms with Gasteiger partial charge in [-0.1, -0.05) is 73.5 Å². The maximum Gasteiger partial charge on any atom is 0.404 e. The Hall–Kier alpha value is -4.14. The van der Waals surface area contributed by atoms with Crippen LogP contribution >= 0.6 is 0 Å². The summed E-state index contributed by atoms with van der Waals surface area (Å²) in [5, 5.41) is 21.0. The van der Waals surface area contributed by atoms with E-state index in [2.05, 4.69) is 26.3 Å². The zero-order valence-electron chi connectivity index (χ0n) is 21.6. The molecular weight excluding hydrogens is 485 g/mol. The lowest BCUT2D eigenvalue weighted by Crippen LogP contribution is -2.48. The van der Waals surface area contributed by atoms with Crippen LogP contribution in [0.1, 0.15) is 61.0 Å². The molecule has 1 aliphatic carbocycles. The summed E-state index contributed by atoms with van der Waals surface area (Å²) in [4.78, 5) is 29.2. The highest BCUT2D eigenvalue weighted by atomic mass is 19.1. The van der Waals surface area contributed by atoms with Crippen molar-refractivity contribution in [1.82, 2.24) is 15.6 Å². The number of aromatic nitrogens is 1. The number of pyridine rings is 1. The Morgan fingerprint density at radius 2 is 1.61 bits per heavy atom. The molecule has 1 fully saturated rings. The first-order valence-corrected chi connectivity index (χ1v) is 12.9. The van der Waals surface area contributed by atoms with Gasteiger partial charge in [-0.2, -0.15) is 0 Å². The molecule has 9 heteroatoms. The fraction of sp³-hybridized carbons (Fsp3) is 0.345. The average Bonchev–Trinajstić information content (AvgIpc) is 2.90. The first-order chi connectivity index (χ1) is 18.2. The Labute approximate surface area is 222 Å². The van der Waals surface area contributed by atoms with Crippen molar-refractivity contribution in [3.05, 3.63) is 89.2 Å².